The van der Waals surface area contributed by atoms with Crippen LogP contribution in [-0.4, -0.2) is 11.5 Å². The summed E-state index contributed by atoms with van der Waals surface area (Å²) in [5, 5.41) is 0. The lowest BCUT2D eigenvalue weighted by atomic mass is 10.2. The molecule has 3 nitrogen and oxygen atoms in total. The van der Waals surface area contributed by atoms with Gasteiger partial charge in [-0.25, -0.2) is 0 Å². The minimum absolute atomic E-state index is 0.0224. The molecule has 0 aliphatic heterocycles. The molecule has 0 unspecified atom stereocenters. The predicted octanol–water partition coefficient (Wildman–Crippen LogP) is 3.26. The second-order valence-electron chi connectivity index (χ2n) is 4.31. The summed E-state index contributed by atoms with van der Waals surface area (Å²) in [6.07, 6.45) is 1.88. The number of benzene rings is 1. The molecule has 3 heteroatoms. The van der Waals surface area contributed by atoms with Crippen LogP contribution in [0.15, 0.2) is 48.7 Å². The summed E-state index contributed by atoms with van der Waals surface area (Å²) in [5.74, 6) is 0. The summed E-state index contributed by atoms with van der Waals surface area (Å²) < 4.78 is 0. The molecule has 94 valence electrons. The smallest absolute Gasteiger partial charge is 0.0597 e. The molecule has 0 radical (unpaired) electrons. The van der Waals surface area contributed by atoms with Gasteiger partial charge in [0.1, 0.15) is 0 Å². The number of nitrogens with zero attached hydrogens (tertiary/aromatic N) is 2. The summed E-state index contributed by atoms with van der Waals surface area (Å²) >= 11 is 0. The van der Waals surface area contributed by atoms with Crippen LogP contribution in [0.5, 0.6) is 0 Å². The zero-order valence-corrected chi connectivity index (χ0v) is 10.9. The number of anilines is 2. The SMILES string of the molecule is CCN(c1ccccc1)c1ccc([C@H](C)N)nc1. The highest BCUT2D eigenvalue weighted by atomic mass is 15.1. The summed E-state index contributed by atoms with van der Waals surface area (Å²) in [7, 11) is 0. The van der Waals surface area contributed by atoms with Crippen LogP contribution in [-0.2, 0) is 0 Å². The number of nitrogens with two attached hydrogens (primary N) is 1. The summed E-state index contributed by atoms with van der Waals surface area (Å²) in [6.45, 7) is 4.98. The largest absolute Gasteiger partial charge is 0.341 e. The molecule has 0 spiro atoms. The monoisotopic (exact) mass is 241 g/mol. The molecule has 2 N–H and O–H groups in total. The van der Waals surface area contributed by atoms with Crippen molar-refractivity contribution in [1.29, 1.82) is 0 Å². The Labute approximate surface area is 108 Å². The third-order valence-corrected chi connectivity index (χ3v) is 2.93. The van der Waals surface area contributed by atoms with Gasteiger partial charge in [-0.1, -0.05) is 18.2 Å². The molecular formula is C15H19N3. The summed E-state index contributed by atoms with van der Waals surface area (Å²) in [5.41, 5.74) is 8.99. The highest BCUT2D eigenvalue weighted by Crippen LogP contribution is 2.24. The first-order chi connectivity index (χ1) is 8.72. The maximum Gasteiger partial charge on any atom is 0.0597 e. The third kappa shape index (κ3) is 2.68. The maximum absolute atomic E-state index is 5.81. The van der Waals surface area contributed by atoms with Crippen LogP contribution in [0.4, 0.5) is 11.4 Å². The Morgan fingerprint density at radius 1 is 1.11 bits per heavy atom. The summed E-state index contributed by atoms with van der Waals surface area (Å²) in [4.78, 5) is 6.63. The minimum Gasteiger partial charge on any atom is -0.341 e. The first kappa shape index (κ1) is 12.6. The Kier molecular flexibility index (Phi) is 3.95. The van der Waals surface area contributed by atoms with Crippen LogP contribution in [0.3, 0.4) is 0 Å². The van der Waals surface area contributed by atoms with Crippen molar-refractivity contribution in [3.63, 3.8) is 0 Å². The first-order valence-corrected chi connectivity index (χ1v) is 6.26. The number of hydrogen-bond acceptors (Lipinski definition) is 3. The van der Waals surface area contributed by atoms with Crippen molar-refractivity contribution in [2.75, 3.05) is 11.4 Å². The molecule has 1 aromatic heterocycles. The zero-order chi connectivity index (χ0) is 13.0. The Bertz CT molecular complexity index is 477. The van der Waals surface area contributed by atoms with Crippen molar-refractivity contribution >= 4 is 11.4 Å². The van der Waals surface area contributed by atoms with Crippen molar-refractivity contribution in [2.45, 2.75) is 19.9 Å². The Balaban J connectivity index is 2.28. The van der Waals surface area contributed by atoms with Gasteiger partial charge < -0.3 is 10.6 Å². The van der Waals surface area contributed by atoms with Crippen molar-refractivity contribution < 1.29 is 0 Å². The highest BCUT2D eigenvalue weighted by Gasteiger charge is 2.08. The summed E-state index contributed by atoms with van der Waals surface area (Å²) in [6, 6.07) is 14.4. The highest BCUT2D eigenvalue weighted by molar-refractivity contribution is 5.62. The molecule has 18 heavy (non-hydrogen) atoms. The first-order valence-electron chi connectivity index (χ1n) is 6.26. The van der Waals surface area contributed by atoms with Gasteiger partial charge in [0.05, 0.1) is 17.6 Å². The average Bonchev–Trinajstić information content (AvgIpc) is 2.41. The number of pyridine rings is 1. The van der Waals surface area contributed by atoms with Gasteiger partial charge in [-0.3, -0.25) is 4.98 Å². The van der Waals surface area contributed by atoms with E-state index < -0.39 is 0 Å². The van der Waals surface area contributed by atoms with Gasteiger partial charge >= 0.3 is 0 Å². The van der Waals surface area contributed by atoms with Gasteiger partial charge in [0.25, 0.3) is 0 Å². The normalized spacial score (nSPS) is 12.2. The van der Waals surface area contributed by atoms with E-state index in [1.165, 1.54) is 5.69 Å². The number of para-hydroxylation sites is 1. The number of rotatable bonds is 4. The standard InChI is InChI=1S/C15H19N3/c1-3-18(13-7-5-4-6-8-13)14-9-10-15(12(2)16)17-11-14/h4-12H,3,16H2,1-2H3/t12-/m0/s1. The van der Waals surface area contributed by atoms with E-state index in [1.54, 1.807) is 0 Å². The number of hydrogen-bond donors (Lipinski definition) is 1. The van der Waals surface area contributed by atoms with E-state index in [2.05, 4.69) is 35.0 Å². The fraction of sp³-hybridized carbons (Fsp3) is 0.267. The van der Waals surface area contributed by atoms with Gasteiger partial charge in [0.2, 0.25) is 0 Å². The van der Waals surface area contributed by atoms with Crippen LogP contribution in [0.2, 0.25) is 0 Å². The molecule has 0 amide bonds. The second kappa shape index (κ2) is 5.65. The lowest BCUT2D eigenvalue weighted by molar-refractivity contribution is 0.780. The van der Waals surface area contributed by atoms with E-state index >= 15 is 0 Å². The molecule has 0 fully saturated rings. The van der Waals surface area contributed by atoms with Gasteiger partial charge in [0, 0.05) is 18.3 Å². The van der Waals surface area contributed by atoms with Gasteiger partial charge in [-0.2, -0.15) is 0 Å². The lowest BCUT2D eigenvalue weighted by Crippen LogP contribution is -2.16. The molecular weight excluding hydrogens is 222 g/mol. The molecule has 0 aliphatic carbocycles. The van der Waals surface area contributed by atoms with Crippen molar-refractivity contribution in [2.24, 2.45) is 5.73 Å². The molecule has 0 bridgehead atoms. The quantitative estimate of drug-likeness (QED) is 0.893. The fourth-order valence-corrected chi connectivity index (χ4v) is 1.95. The number of aromatic nitrogens is 1. The van der Waals surface area contributed by atoms with E-state index in [1.807, 2.05) is 37.4 Å². The predicted molar refractivity (Wildman–Crippen MR) is 76.0 cm³/mol. The van der Waals surface area contributed by atoms with E-state index in [4.69, 9.17) is 5.73 Å². The lowest BCUT2D eigenvalue weighted by Gasteiger charge is -2.23. The van der Waals surface area contributed by atoms with Crippen LogP contribution in [0.25, 0.3) is 0 Å². The Hall–Kier alpha value is -1.87. The van der Waals surface area contributed by atoms with Gasteiger partial charge in [-0.05, 0) is 38.1 Å². The van der Waals surface area contributed by atoms with Crippen molar-refractivity contribution in [3.05, 3.63) is 54.4 Å². The second-order valence-corrected chi connectivity index (χ2v) is 4.31. The molecule has 1 heterocycles. The zero-order valence-electron chi connectivity index (χ0n) is 10.9. The van der Waals surface area contributed by atoms with Crippen LogP contribution >= 0.6 is 0 Å². The maximum atomic E-state index is 5.81. The van der Waals surface area contributed by atoms with E-state index in [9.17, 15) is 0 Å². The van der Waals surface area contributed by atoms with E-state index in [0.717, 1.165) is 17.9 Å². The van der Waals surface area contributed by atoms with Crippen molar-refractivity contribution in [1.82, 2.24) is 4.98 Å². The Morgan fingerprint density at radius 3 is 2.33 bits per heavy atom. The third-order valence-electron chi connectivity index (χ3n) is 2.93. The molecule has 1 aromatic carbocycles. The molecule has 0 aliphatic rings. The molecule has 2 aromatic rings. The minimum atomic E-state index is -0.0224. The Morgan fingerprint density at radius 2 is 1.83 bits per heavy atom. The van der Waals surface area contributed by atoms with Gasteiger partial charge in [0.15, 0.2) is 0 Å². The van der Waals surface area contributed by atoms with Crippen LogP contribution in [0.1, 0.15) is 25.6 Å². The average molecular weight is 241 g/mol. The van der Waals surface area contributed by atoms with Crippen molar-refractivity contribution in [3.8, 4) is 0 Å². The van der Waals surface area contributed by atoms with Crippen LogP contribution < -0.4 is 10.6 Å². The molecule has 0 saturated carbocycles. The van der Waals surface area contributed by atoms with Gasteiger partial charge in [-0.15, -0.1) is 0 Å². The molecule has 0 saturated heterocycles. The van der Waals surface area contributed by atoms with E-state index in [-0.39, 0.29) is 6.04 Å². The molecule has 1 atom stereocenters. The fourth-order valence-electron chi connectivity index (χ4n) is 1.95. The topological polar surface area (TPSA) is 42.1 Å². The van der Waals surface area contributed by atoms with Crippen LogP contribution in [0, 0.1) is 0 Å². The van der Waals surface area contributed by atoms with E-state index in [0.29, 0.717) is 0 Å². The molecule has 2 rings (SSSR count).